The molecule has 2 heterocycles. The molecule has 2 aliphatic heterocycles. The third kappa shape index (κ3) is 3.58. The number of rotatable bonds is 2. The van der Waals surface area contributed by atoms with Crippen LogP contribution in [0.15, 0.2) is 24.3 Å². The Hall–Kier alpha value is -1.07. The number of likely N-dealkylation sites (tertiary alicyclic amines) is 1. The average molecular weight is 298 g/mol. The van der Waals surface area contributed by atoms with Crippen molar-refractivity contribution < 1.29 is 13.2 Å². The van der Waals surface area contributed by atoms with Gasteiger partial charge in [0.15, 0.2) is 0 Å². The molecule has 1 N–H and O–H groups in total. The summed E-state index contributed by atoms with van der Waals surface area (Å²) < 4.78 is 37.6. The fourth-order valence-electron chi connectivity index (χ4n) is 3.53. The highest BCUT2D eigenvalue weighted by atomic mass is 19.4. The van der Waals surface area contributed by atoms with Gasteiger partial charge < -0.3 is 5.32 Å². The fourth-order valence-corrected chi connectivity index (χ4v) is 3.53. The van der Waals surface area contributed by atoms with Crippen LogP contribution in [0.3, 0.4) is 0 Å². The minimum absolute atomic E-state index is 0.566. The molecule has 2 fully saturated rings. The molecule has 0 radical (unpaired) electrons. The maximum absolute atomic E-state index is 12.5. The molecule has 0 aliphatic carbocycles. The van der Waals surface area contributed by atoms with Gasteiger partial charge in [0.2, 0.25) is 0 Å². The summed E-state index contributed by atoms with van der Waals surface area (Å²) >= 11 is 0. The van der Waals surface area contributed by atoms with Crippen LogP contribution in [0.4, 0.5) is 13.2 Å². The Labute approximate surface area is 123 Å². The molecule has 5 heteroatoms. The van der Waals surface area contributed by atoms with Crippen molar-refractivity contribution in [1.29, 1.82) is 0 Å². The zero-order valence-electron chi connectivity index (χ0n) is 12.0. The first kappa shape index (κ1) is 14.9. The van der Waals surface area contributed by atoms with Crippen molar-refractivity contribution in [2.75, 3.05) is 26.2 Å². The number of piperidine rings is 2. The second-order valence-electron chi connectivity index (χ2n) is 6.23. The van der Waals surface area contributed by atoms with E-state index in [0.717, 1.165) is 50.1 Å². The third-order valence-corrected chi connectivity index (χ3v) is 4.76. The smallest absolute Gasteiger partial charge is 0.316 e. The molecule has 2 unspecified atom stereocenters. The number of hydrogen-bond donors (Lipinski definition) is 1. The zero-order valence-corrected chi connectivity index (χ0v) is 12.0. The van der Waals surface area contributed by atoms with E-state index in [2.05, 4.69) is 10.2 Å². The van der Waals surface area contributed by atoms with Crippen molar-refractivity contribution in [3.8, 4) is 0 Å². The van der Waals surface area contributed by atoms with Crippen molar-refractivity contribution in [1.82, 2.24) is 10.2 Å². The topological polar surface area (TPSA) is 15.3 Å². The van der Waals surface area contributed by atoms with Crippen LogP contribution in [-0.4, -0.2) is 31.1 Å². The monoisotopic (exact) mass is 298 g/mol. The minimum atomic E-state index is -4.24. The Morgan fingerprint density at radius 3 is 2.57 bits per heavy atom. The maximum Gasteiger partial charge on any atom is 0.416 e. The van der Waals surface area contributed by atoms with Gasteiger partial charge in [0.05, 0.1) is 5.56 Å². The van der Waals surface area contributed by atoms with Gasteiger partial charge in [0.1, 0.15) is 0 Å². The number of benzene rings is 1. The Morgan fingerprint density at radius 2 is 1.86 bits per heavy atom. The van der Waals surface area contributed by atoms with E-state index >= 15 is 0 Å². The molecular formula is C16H21F3N2. The number of nitrogens with zero attached hydrogens (tertiary/aromatic N) is 1. The first-order valence-corrected chi connectivity index (χ1v) is 7.61. The van der Waals surface area contributed by atoms with Crippen LogP contribution < -0.4 is 5.32 Å². The van der Waals surface area contributed by atoms with Crippen LogP contribution in [0.2, 0.25) is 0 Å². The zero-order chi connectivity index (χ0) is 14.9. The van der Waals surface area contributed by atoms with Crippen molar-refractivity contribution in [3.63, 3.8) is 0 Å². The lowest BCUT2D eigenvalue weighted by Crippen LogP contribution is -2.47. The van der Waals surface area contributed by atoms with E-state index in [4.69, 9.17) is 0 Å². The first-order chi connectivity index (χ1) is 10.0. The van der Waals surface area contributed by atoms with Crippen LogP contribution in [0.25, 0.3) is 0 Å². The molecule has 3 rings (SSSR count). The summed E-state index contributed by atoms with van der Waals surface area (Å²) in [5.41, 5.74) is 0.402. The third-order valence-electron chi connectivity index (χ3n) is 4.76. The molecule has 1 aromatic carbocycles. The molecule has 0 aromatic heterocycles. The highest BCUT2D eigenvalue weighted by molar-refractivity contribution is 5.24. The summed E-state index contributed by atoms with van der Waals surface area (Å²) in [6.45, 7) is 5.10. The molecule has 0 spiro atoms. The Morgan fingerprint density at radius 1 is 1.10 bits per heavy atom. The molecule has 2 aliphatic rings. The van der Waals surface area contributed by atoms with Crippen molar-refractivity contribution in [2.45, 2.75) is 25.6 Å². The summed E-state index contributed by atoms with van der Waals surface area (Å²) in [6.07, 6.45) is -1.83. The summed E-state index contributed by atoms with van der Waals surface area (Å²) in [7, 11) is 0. The van der Waals surface area contributed by atoms with Crippen LogP contribution in [0.1, 0.15) is 24.0 Å². The second kappa shape index (κ2) is 5.97. The van der Waals surface area contributed by atoms with Crippen LogP contribution in [-0.2, 0) is 12.7 Å². The largest absolute Gasteiger partial charge is 0.416 e. The SMILES string of the molecule is FC(F)(F)c1ccc(CN2CCC3CNCCC3C2)cc1. The summed E-state index contributed by atoms with van der Waals surface area (Å²) in [4.78, 5) is 2.38. The average Bonchev–Trinajstić information content (AvgIpc) is 2.47. The number of fused-ring (bicyclic) bond motifs is 1. The molecule has 2 atom stereocenters. The summed E-state index contributed by atoms with van der Waals surface area (Å²) in [5, 5.41) is 3.44. The molecule has 0 bridgehead atoms. The number of alkyl halides is 3. The highest BCUT2D eigenvalue weighted by Crippen LogP contribution is 2.31. The van der Waals surface area contributed by atoms with Crippen molar-refractivity contribution in [2.24, 2.45) is 11.8 Å². The standard InChI is InChI=1S/C16H21F3N2/c17-16(18,19)15-3-1-12(2-4-15)10-21-8-6-13-9-20-7-5-14(13)11-21/h1-4,13-14,20H,5-11H2. The van der Waals surface area contributed by atoms with E-state index in [0.29, 0.717) is 0 Å². The molecule has 0 amide bonds. The summed E-state index contributed by atoms with van der Waals surface area (Å²) in [6, 6.07) is 5.59. The first-order valence-electron chi connectivity index (χ1n) is 7.61. The molecule has 1 aromatic rings. The number of nitrogens with one attached hydrogen (secondary N) is 1. The predicted molar refractivity (Wildman–Crippen MR) is 75.8 cm³/mol. The highest BCUT2D eigenvalue weighted by Gasteiger charge is 2.32. The van der Waals surface area contributed by atoms with Crippen molar-refractivity contribution >= 4 is 0 Å². The van der Waals surface area contributed by atoms with Crippen molar-refractivity contribution in [3.05, 3.63) is 35.4 Å². The van der Waals surface area contributed by atoms with Gasteiger partial charge in [-0.25, -0.2) is 0 Å². The molecule has 2 nitrogen and oxygen atoms in total. The van der Waals surface area contributed by atoms with E-state index in [-0.39, 0.29) is 0 Å². The van der Waals surface area contributed by atoms with E-state index in [1.165, 1.54) is 25.0 Å². The lowest BCUT2D eigenvalue weighted by molar-refractivity contribution is -0.137. The Balaban J connectivity index is 1.59. The Kier molecular flexibility index (Phi) is 4.22. The van der Waals surface area contributed by atoms with Gasteiger partial charge in [-0.1, -0.05) is 12.1 Å². The van der Waals surface area contributed by atoms with Gasteiger partial charge in [-0.15, -0.1) is 0 Å². The van der Waals surface area contributed by atoms with E-state index < -0.39 is 11.7 Å². The molecule has 116 valence electrons. The molecule has 0 saturated carbocycles. The molecular weight excluding hydrogens is 277 g/mol. The molecule has 2 saturated heterocycles. The predicted octanol–water partition coefficient (Wildman–Crippen LogP) is 3.14. The number of halogens is 3. The quantitative estimate of drug-likeness (QED) is 0.902. The Bertz CT molecular complexity index is 469. The van der Waals surface area contributed by atoms with Gasteiger partial charge in [0.25, 0.3) is 0 Å². The van der Waals surface area contributed by atoms with Crippen LogP contribution in [0.5, 0.6) is 0 Å². The van der Waals surface area contributed by atoms with E-state index in [1.807, 2.05) is 0 Å². The van der Waals surface area contributed by atoms with E-state index in [9.17, 15) is 13.2 Å². The molecule has 21 heavy (non-hydrogen) atoms. The number of hydrogen-bond acceptors (Lipinski definition) is 2. The van der Waals surface area contributed by atoms with Crippen LogP contribution in [0, 0.1) is 11.8 Å². The van der Waals surface area contributed by atoms with Crippen LogP contribution >= 0.6 is 0 Å². The van der Waals surface area contributed by atoms with Gasteiger partial charge in [0, 0.05) is 13.1 Å². The summed E-state index contributed by atoms with van der Waals surface area (Å²) in [5.74, 6) is 1.53. The van der Waals surface area contributed by atoms with Gasteiger partial charge >= 0.3 is 6.18 Å². The normalized spacial score (nSPS) is 27.4. The minimum Gasteiger partial charge on any atom is -0.316 e. The lowest BCUT2D eigenvalue weighted by atomic mass is 9.81. The van der Waals surface area contributed by atoms with Gasteiger partial charge in [-0.05, 0) is 62.0 Å². The fraction of sp³-hybridized carbons (Fsp3) is 0.625. The van der Waals surface area contributed by atoms with E-state index in [1.54, 1.807) is 12.1 Å². The van der Waals surface area contributed by atoms with Gasteiger partial charge in [-0.3, -0.25) is 4.90 Å². The van der Waals surface area contributed by atoms with Gasteiger partial charge in [-0.2, -0.15) is 13.2 Å². The second-order valence-corrected chi connectivity index (χ2v) is 6.23. The lowest BCUT2D eigenvalue weighted by Gasteiger charge is -2.41. The maximum atomic E-state index is 12.5.